The number of aryl methyl sites for hydroxylation is 1. The molecule has 0 radical (unpaired) electrons. The second kappa shape index (κ2) is 7.58. The largest absolute Gasteiger partial charge is 0.494 e. The van der Waals surface area contributed by atoms with Gasteiger partial charge in [-0.25, -0.2) is 9.97 Å². The molecule has 28 heavy (non-hydrogen) atoms. The van der Waals surface area contributed by atoms with Gasteiger partial charge in [0.2, 0.25) is 0 Å². The lowest BCUT2D eigenvalue weighted by Gasteiger charge is -2.26. The molecule has 1 aliphatic carbocycles. The van der Waals surface area contributed by atoms with Gasteiger partial charge in [0.15, 0.2) is 0 Å². The average molecular weight is 379 g/mol. The molecule has 0 spiro atoms. The highest BCUT2D eigenvalue weighted by Crippen LogP contribution is 2.34. The van der Waals surface area contributed by atoms with Crippen molar-refractivity contribution in [3.63, 3.8) is 0 Å². The average Bonchev–Trinajstić information content (AvgIpc) is 3.10. The van der Waals surface area contributed by atoms with Crippen LogP contribution in [0.15, 0.2) is 30.6 Å². The standard InChI is InChI=1S/C21H25N5O2/c1-13-4-6-16(7-5-13)26-12-15-10-19(20(28-3)11-18(15)25-26)24-21(27)17-8-9-22-14(2)23-17/h8-13,16H,4-7H2,1-3H3,(H,24,27)/t13-,16-. The van der Waals surface area contributed by atoms with Crippen molar-refractivity contribution in [1.82, 2.24) is 19.7 Å². The maximum absolute atomic E-state index is 12.6. The molecule has 0 unspecified atom stereocenters. The lowest BCUT2D eigenvalue weighted by molar-refractivity contribution is 0.102. The van der Waals surface area contributed by atoms with E-state index in [2.05, 4.69) is 33.1 Å². The molecule has 1 N–H and O–H groups in total. The minimum absolute atomic E-state index is 0.295. The Kier molecular flexibility index (Phi) is 4.98. The van der Waals surface area contributed by atoms with Crippen LogP contribution in [0.4, 0.5) is 5.69 Å². The molecule has 7 nitrogen and oxygen atoms in total. The Labute approximate surface area is 164 Å². The number of carbonyl (C=O) groups excluding carboxylic acids is 1. The number of amides is 1. The number of rotatable bonds is 4. The SMILES string of the molecule is COc1cc2nn([C@H]3CC[C@H](C)CC3)cc2cc1NC(=O)c1ccnc(C)n1. The Morgan fingerprint density at radius 3 is 2.75 bits per heavy atom. The highest BCUT2D eigenvalue weighted by Gasteiger charge is 2.21. The fraction of sp³-hybridized carbons (Fsp3) is 0.429. The van der Waals surface area contributed by atoms with Crippen molar-refractivity contribution >= 4 is 22.5 Å². The lowest BCUT2D eigenvalue weighted by Crippen LogP contribution is -2.16. The van der Waals surface area contributed by atoms with Crippen LogP contribution in [0.3, 0.4) is 0 Å². The Morgan fingerprint density at radius 2 is 2.04 bits per heavy atom. The predicted molar refractivity (Wildman–Crippen MR) is 108 cm³/mol. The third-order valence-corrected chi connectivity index (χ3v) is 5.46. The van der Waals surface area contributed by atoms with Crippen LogP contribution in [0.25, 0.3) is 10.9 Å². The second-order valence-corrected chi connectivity index (χ2v) is 7.58. The maximum Gasteiger partial charge on any atom is 0.274 e. The Morgan fingerprint density at radius 1 is 1.25 bits per heavy atom. The molecular formula is C21H25N5O2. The molecule has 0 saturated heterocycles. The van der Waals surface area contributed by atoms with Crippen molar-refractivity contribution in [2.24, 2.45) is 5.92 Å². The van der Waals surface area contributed by atoms with Crippen molar-refractivity contribution in [3.8, 4) is 5.75 Å². The number of hydrogen-bond donors (Lipinski definition) is 1. The van der Waals surface area contributed by atoms with E-state index in [0.29, 0.717) is 29.0 Å². The second-order valence-electron chi connectivity index (χ2n) is 7.58. The summed E-state index contributed by atoms with van der Waals surface area (Å²) in [5.74, 6) is 1.64. The molecule has 1 saturated carbocycles. The molecule has 1 amide bonds. The molecule has 0 aliphatic heterocycles. The van der Waals surface area contributed by atoms with Crippen molar-refractivity contribution < 1.29 is 9.53 Å². The number of nitrogens with one attached hydrogen (secondary N) is 1. The Bertz CT molecular complexity index is 1010. The topological polar surface area (TPSA) is 81.9 Å². The van der Waals surface area contributed by atoms with Crippen LogP contribution in [0, 0.1) is 12.8 Å². The molecule has 0 bridgehead atoms. The van der Waals surface area contributed by atoms with Crippen molar-refractivity contribution in [3.05, 3.63) is 42.1 Å². The summed E-state index contributed by atoms with van der Waals surface area (Å²) in [6, 6.07) is 5.82. The summed E-state index contributed by atoms with van der Waals surface area (Å²) >= 11 is 0. The zero-order chi connectivity index (χ0) is 19.7. The molecule has 4 rings (SSSR count). The quantitative estimate of drug-likeness (QED) is 0.736. The van der Waals surface area contributed by atoms with Gasteiger partial charge in [-0.15, -0.1) is 0 Å². The monoisotopic (exact) mass is 379 g/mol. The van der Waals surface area contributed by atoms with E-state index in [9.17, 15) is 4.79 Å². The van der Waals surface area contributed by atoms with Crippen molar-refractivity contribution in [2.45, 2.75) is 45.6 Å². The molecule has 1 aliphatic rings. The first-order valence-electron chi connectivity index (χ1n) is 9.71. The first-order valence-corrected chi connectivity index (χ1v) is 9.71. The zero-order valence-electron chi connectivity index (χ0n) is 16.5. The number of benzene rings is 1. The molecule has 1 fully saturated rings. The summed E-state index contributed by atoms with van der Waals surface area (Å²) in [7, 11) is 1.59. The number of hydrogen-bond acceptors (Lipinski definition) is 5. The summed E-state index contributed by atoms with van der Waals surface area (Å²) in [6.45, 7) is 4.07. The first kappa shape index (κ1) is 18.4. The highest BCUT2D eigenvalue weighted by molar-refractivity contribution is 6.05. The molecule has 2 aromatic heterocycles. The molecule has 1 aromatic carbocycles. The van der Waals surface area contributed by atoms with E-state index in [1.54, 1.807) is 26.3 Å². The van der Waals surface area contributed by atoms with Gasteiger partial charge >= 0.3 is 0 Å². The van der Waals surface area contributed by atoms with E-state index in [0.717, 1.165) is 29.7 Å². The van der Waals surface area contributed by atoms with Crippen LogP contribution in [-0.4, -0.2) is 32.8 Å². The van der Waals surface area contributed by atoms with E-state index in [-0.39, 0.29) is 5.91 Å². The number of fused-ring (bicyclic) bond motifs is 1. The van der Waals surface area contributed by atoms with Gasteiger partial charge < -0.3 is 10.1 Å². The fourth-order valence-electron chi connectivity index (χ4n) is 3.80. The fourth-order valence-corrected chi connectivity index (χ4v) is 3.80. The number of methoxy groups -OCH3 is 1. The van der Waals surface area contributed by atoms with E-state index in [1.165, 1.54) is 12.8 Å². The summed E-state index contributed by atoms with van der Waals surface area (Å²) in [5, 5.41) is 8.64. The third-order valence-electron chi connectivity index (χ3n) is 5.46. The van der Waals surface area contributed by atoms with Gasteiger partial charge in [-0.3, -0.25) is 9.48 Å². The van der Waals surface area contributed by atoms with Crippen LogP contribution in [-0.2, 0) is 0 Å². The van der Waals surface area contributed by atoms with Crippen LogP contribution in [0.1, 0.15) is 55.0 Å². The molecule has 0 atom stereocenters. The van der Waals surface area contributed by atoms with E-state index < -0.39 is 0 Å². The minimum atomic E-state index is -0.295. The molecule has 146 valence electrons. The first-order chi connectivity index (χ1) is 13.5. The predicted octanol–water partition coefficient (Wildman–Crippen LogP) is 4.15. The van der Waals surface area contributed by atoms with Crippen molar-refractivity contribution in [2.75, 3.05) is 12.4 Å². The van der Waals surface area contributed by atoms with E-state index in [1.807, 2.05) is 12.1 Å². The van der Waals surface area contributed by atoms with Crippen LogP contribution >= 0.6 is 0 Å². The van der Waals surface area contributed by atoms with Gasteiger partial charge in [-0.2, -0.15) is 5.10 Å². The van der Waals surface area contributed by atoms with Gasteiger partial charge in [0.1, 0.15) is 17.3 Å². The van der Waals surface area contributed by atoms with E-state index in [4.69, 9.17) is 9.84 Å². The van der Waals surface area contributed by atoms with Crippen molar-refractivity contribution in [1.29, 1.82) is 0 Å². The van der Waals surface area contributed by atoms with Gasteiger partial charge in [-0.05, 0) is 50.7 Å². The summed E-state index contributed by atoms with van der Waals surface area (Å²) < 4.78 is 7.56. The van der Waals surface area contributed by atoms with E-state index >= 15 is 0 Å². The maximum atomic E-state index is 12.6. The zero-order valence-corrected chi connectivity index (χ0v) is 16.5. The van der Waals surface area contributed by atoms with Crippen LogP contribution in [0.2, 0.25) is 0 Å². The normalized spacial score (nSPS) is 19.5. The molecule has 2 heterocycles. The Hall–Kier alpha value is -2.96. The smallest absolute Gasteiger partial charge is 0.274 e. The van der Waals surface area contributed by atoms with Crippen LogP contribution in [0.5, 0.6) is 5.75 Å². The number of ether oxygens (including phenoxy) is 1. The highest BCUT2D eigenvalue weighted by atomic mass is 16.5. The third kappa shape index (κ3) is 3.69. The summed E-state index contributed by atoms with van der Waals surface area (Å²) in [5.41, 5.74) is 1.79. The number of nitrogens with zero attached hydrogens (tertiary/aromatic N) is 4. The number of carbonyl (C=O) groups is 1. The van der Waals surface area contributed by atoms with Gasteiger partial charge in [0.05, 0.1) is 24.4 Å². The van der Waals surface area contributed by atoms with Gasteiger partial charge in [-0.1, -0.05) is 6.92 Å². The molecule has 7 heteroatoms. The minimum Gasteiger partial charge on any atom is -0.494 e. The number of aromatic nitrogens is 4. The summed E-state index contributed by atoms with van der Waals surface area (Å²) in [6.07, 6.45) is 8.44. The van der Waals surface area contributed by atoms with Crippen LogP contribution < -0.4 is 10.1 Å². The lowest BCUT2D eigenvalue weighted by atomic mass is 9.87. The van der Waals surface area contributed by atoms with Gasteiger partial charge in [0, 0.05) is 23.8 Å². The molecular weight excluding hydrogens is 354 g/mol. The summed E-state index contributed by atoms with van der Waals surface area (Å²) in [4.78, 5) is 20.8. The number of anilines is 1. The molecule has 3 aromatic rings. The Balaban J connectivity index is 1.62. The van der Waals surface area contributed by atoms with Gasteiger partial charge in [0.25, 0.3) is 5.91 Å².